The molecule has 9 rings (SSSR count). The lowest BCUT2D eigenvalue weighted by molar-refractivity contribution is 0.628. The summed E-state index contributed by atoms with van der Waals surface area (Å²) >= 11 is 0. The second-order valence-corrected chi connectivity index (χ2v) is 12.7. The molecule has 7 aromatic carbocycles. The minimum atomic E-state index is -0.281. The molecule has 0 fully saturated rings. The van der Waals surface area contributed by atoms with Gasteiger partial charge in [0.1, 0.15) is 5.82 Å². The minimum Gasteiger partial charge on any atom is -0.308 e. The molecule has 0 aliphatic rings. The van der Waals surface area contributed by atoms with E-state index in [-0.39, 0.29) is 5.82 Å². The zero-order valence-electron chi connectivity index (χ0n) is 27.8. The van der Waals surface area contributed by atoms with Crippen molar-refractivity contribution in [1.82, 2.24) is 19.5 Å². The van der Waals surface area contributed by atoms with Crippen LogP contribution in [0.15, 0.2) is 170 Å². The molecule has 4 nitrogen and oxygen atoms in total. The average molecular weight is 659 g/mol. The quantitative estimate of drug-likeness (QED) is 0.179. The summed E-state index contributed by atoms with van der Waals surface area (Å²) in [5.74, 6) is 1.44. The average Bonchev–Trinajstić information content (AvgIpc) is 3.52. The first-order valence-corrected chi connectivity index (χ1v) is 17.0. The second-order valence-electron chi connectivity index (χ2n) is 12.7. The third kappa shape index (κ3) is 5.65. The Balaban J connectivity index is 1.34. The lowest BCUT2D eigenvalue weighted by Crippen LogP contribution is -2.04. The summed E-state index contributed by atoms with van der Waals surface area (Å²) in [6.07, 6.45) is 0. The SMILES string of the molecule is Cc1ccc(-c2ccc3c(c2)c2ccccc2n3-c2cc(-c3cccc(F)c3)ccc2-c2nc(-c3ccccc3)nc(-c3ccccc3)n2)cc1. The molecule has 0 aliphatic heterocycles. The summed E-state index contributed by atoms with van der Waals surface area (Å²) in [6, 6.07) is 56.7. The fourth-order valence-corrected chi connectivity index (χ4v) is 6.84. The van der Waals surface area contributed by atoms with Gasteiger partial charge in [0.05, 0.1) is 16.7 Å². The predicted molar refractivity (Wildman–Crippen MR) is 206 cm³/mol. The highest BCUT2D eigenvalue weighted by Crippen LogP contribution is 2.39. The monoisotopic (exact) mass is 658 g/mol. The van der Waals surface area contributed by atoms with E-state index in [1.807, 2.05) is 72.8 Å². The first-order valence-electron chi connectivity index (χ1n) is 17.0. The molecule has 5 heteroatoms. The first kappa shape index (κ1) is 30.3. The van der Waals surface area contributed by atoms with Crippen molar-refractivity contribution in [2.45, 2.75) is 6.92 Å². The van der Waals surface area contributed by atoms with Crippen molar-refractivity contribution in [3.8, 4) is 62.1 Å². The molecule has 51 heavy (non-hydrogen) atoms. The molecule has 0 atom stereocenters. The van der Waals surface area contributed by atoms with E-state index in [0.29, 0.717) is 17.5 Å². The first-order chi connectivity index (χ1) is 25.1. The molecular formula is C46H31FN4. The Morgan fingerprint density at radius 2 is 0.961 bits per heavy atom. The standard InChI is InChI=1S/C46H31FN4/c1-30-19-21-31(22-20-30)35-24-26-42-40(28-35)38-17-8-9-18-41(38)51(42)43-29-36(34-15-10-16-37(47)27-34)23-25-39(43)46-49-44(32-11-4-2-5-12-32)48-45(50-46)33-13-6-3-7-14-33/h2-29H,1H3. The third-order valence-corrected chi connectivity index (χ3v) is 9.39. The molecule has 0 saturated carbocycles. The highest BCUT2D eigenvalue weighted by molar-refractivity contribution is 6.11. The second kappa shape index (κ2) is 12.6. The van der Waals surface area contributed by atoms with Gasteiger partial charge in [-0.25, -0.2) is 19.3 Å². The van der Waals surface area contributed by atoms with E-state index in [1.165, 1.54) is 17.2 Å². The van der Waals surface area contributed by atoms with E-state index in [1.54, 1.807) is 12.1 Å². The maximum absolute atomic E-state index is 14.6. The van der Waals surface area contributed by atoms with Gasteiger partial charge in [0.15, 0.2) is 17.5 Å². The summed E-state index contributed by atoms with van der Waals surface area (Å²) in [6.45, 7) is 2.11. The molecule has 2 aromatic heterocycles. The number of hydrogen-bond donors (Lipinski definition) is 0. The molecule has 0 unspecified atom stereocenters. The number of rotatable bonds is 6. The topological polar surface area (TPSA) is 43.6 Å². The van der Waals surface area contributed by atoms with Gasteiger partial charge in [-0.1, -0.05) is 133 Å². The van der Waals surface area contributed by atoms with Gasteiger partial charge < -0.3 is 4.57 Å². The van der Waals surface area contributed by atoms with Crippen LogP contribution in [0.5, 0.6) is 0 Å². The van der Waals surface area contributed by atoms with Crippen LogP contribution in [-0.2, 0) is 0 Å². The van der Waals surface area contributed by atoms with Gasteiger partial charge >= 0.3 is 0 Å². The summed E-state index contributed by atoms with van der Waals surface area (Å²) in [5.41, 5.74) is 10.8. The van der Waals surface area contributed by atoms with Gasteiger partial charge in [-0.05, 0) is 71.6 Å². The van der Waals surface area contributed by atoms with Crippen LogP contribution in [0.2, 0.25) is 0 Å². The predicted octanol–water partition coefficient (Wildman–Crippen LogP) is 11.8. The Hall–Kier alpha value is -6.72. The van der Waals surface area contributed by atoms with E-state index in [0.717, 1.165) is 60.9 Å². The Kier molecular flexibility index (Phi) is 7.51. The molecule has 0 aliphatic carbocycles. The molecule has 0 saturated heterocycles. The highest BCUT2D eigenvalue weighted by atomic mass is 19.1. The molecule has 0 bridgehead atoms. The largest absolute Gasteiger partial charge is 0.308 e. The smallest absolute Gasteiger partial charge is 0.166 e. The fraction of sp³-hybridized carbons (Fsp3) is 0.0217. The number of halogens is 1. The van der Waals surface area contributed by atoms with E-state index < -0.39 is 0 Å². The number of para-hydroxylation sites is 1. The lowest BCUT2D eigenvalue weighted by Gasteiger charge is -2.16. The van der Waals surface area contributed by atoms with Crippen molar-refractivity contribution in [2.75, 3.05) is 0 Å². The van der Waals surface area contributed by atoms with Gasteiger partial charge in [0, 0.05) is 27.5 Å². The summed E-state index contributed by atoms with van der Waals surface area (Å²) in [4.78, 5) is 15.2. The van der Waals surface area contributed by atoms with E-state index in [9.17, 15) is 4.39 Å². The molecule has 242 valence electrons. The van der Waals surface area contributed by atoms with Crippen molar-refractivity contribution < 1.29 is 4.39 Å². The Bertz CT molecular complexity index is 2640. The van der Waals surface area contributed by atoms with E-state index >= 15 is 0 Å². The van der Waals surface area contributed by atoms with Crippen molar-refractivity contribution in [3.05, 3.63) is 181 Å². The van der Waals surface area contributed by atoms with Crippen LogP contribution in [0.25, 0.3) is 83.9 Å². The van der Waals surface area contributed by atoms with Gasteiger partial charge in [-0.2, -0.15) is 0 Å². The molecule has 2 heterocycles. The Morgan fingerprint density at radius 3 is 1.67 bits per heavy atom. The molecular weight excluding hydrogens is 628 g/mol. The third-order valence-electron chi connectivity index (χ3n) is 9.39. The number of aryl methyl sites for hydroxylation is 1. The van der Waals surface area contributed by atoms with Crippen LogP contribution >= 0.6 is 0 Å². The molecule has 0 radical (unpaired) electrons. The number of hydrogen-bond acceptors (Lipinski definition) is 3. The van der Waals surface area contributed by atoms with E-state index in [4.69, 9.17) is 15.0 Å². The van der Waals surface area contributed by atoms with Crippen LogP contribution in [0.3, 0.4) is 0 Å². The zero-order chi connectivity index (χ0) is 34.3. The van der Waals surface area contributed by atoms with Gasteiger partial charge in [-0.15, -0.1) is 0 Å². The molecule has 0 N–H and O–H groups in total. The molecule has 0 amide bonds. The van der Waals surface area contributed by atoms with Crippen molar-refractivity contribution in [1.29, 1.82) is 0 Å². The van der Waals surface area contributed by atoms with Crippen LogP contribution in [0.1, 0.15) is 5.56 Å². The van der Waals surface area contributed by atoms with Crippen molar-refractivity contribution >= 4 is 21.8 Å². The Labute approximate surface area is 295 Å². The van der Waals surface area contributed by atoms with Crippen LogP contribution in [-0.4, -0.2) is 19.5 Å². The van der Waals surface area contributed by atoms with Gasteiger partial charge in [0.2, 0.25) is 0 Å². The van der Waals surface area contributed by atoms with Crippen LogP contribution < -0.4 is 0 Å². The number of fused-ring (bicyclic) bond motifs is 3. The Morgan fingerprint density at radius 1 is 0.412 bits per heavy atom. The van der Waals surface area contributed by atoms with Gasteiger partial charge in [0.25, 0.3) is 0 Å². The summed E-state index contributed by atoms with van der Waals surface area (Å²) in [7, 11) is 0. The maximum Gasteiger partial charge on any atom is 0.166 e. The maximum atomic E-state index is 14.6. The summed E-state index contributed by atoms with van der Waals surface area (Å²) in [5, 5.41) is 2.27. The fourth-order valence-electron chi connectivity index (χ4n) is 6.84. The normalized spacial score (nSPS) is 11.3. The van der Waals surface area contributed by atoms with Gasteiger partial charge in [-0.3, -0.25) is 0 Å². The molecule has 9 aromatic rings. The number of benzene rings is 7. The van der Waals surface area contributed by atoms with E-state index in [2.05, 4.69) is 90.4 Å². The highest BCUT2D eigenvalue weighted by Gasteiger charge is 2.21. The zero-order valence-corrected chi connectivity index (χ0v) is 27.8. The lowest BCUT2D eigenvalue weighted by atomic mass is 10.0. The summed E-state index contributed by atoms with van der Waals surface area (Å²) < 4.78 is 16.9. The minimum absolute atomic E-state index is 0.281. The van der Waals surface area contributed by atoms with Crippen molar-refractivity contribution in [3.63, 3.8) is 0 Å². The van der Waals surface area contributed by atoms with Crippen LogP contribution in [0, 0.1) is 12.7 Å². The number of aromatic nitrogens is 4. The van der Waals surface area contributed by atoms with Crippen molar-refractivity contribution in [2.24, 2.45) is 0 Å². The number of nitrogens with zero attached hydrogens (tertiary/aromatic N) is 4. The molecule has 0 spiro atoms. The van der Waals surface area contributed by atoms with Crippen LogP contribution in [0.4, 0.5) is 4.39 Å².